The Hall–Kier alpha value is -1.41. The van der Waals surface area contributed by atoms with Gasteiger partial charge in [0, 0.05) is 41.7 Å². The van der Waals surface area contributed by atoms with E-state index in [1.807, 2.05) is 23.9 Å². The van der Waals surface area contributed by atoms with Crippen LogP contribution in [0.3, 0.4) is 0 Å². The number of benzene rings is 1. The van der Waals surface area contributed by atoms with E-state index in [-0.39, 0.29) is 16.8 Å². The Kier molecular flexibility index (Phi) is 6.36. The number of hydrogen-bond acceptors (Lipinski definition) is 5. The average molecular weight is 476 g/mol. The van der Waals surface area contributed by atoms with Crippen molar-refractivity contribution in [1.29, 1.82) is 0 Å². The van der Waals surface area contributed by atoms with E-state index in [0.717, 1.165) is 52.7 Å². The lowest BCUT2D eigenvalue weighted by molar-refractivity contribution is -0.126. The molecule has 174 valence electrons. The first kappa shape index (κ1) is 22.4. The summed E-state index contributed by atoms with van der Waals surface area (Å²) in [6, 6.07) is 7.11. The number of aromatic amines is 1. The van der Waals surface area contributed by atoms with Gasteiger partial charge in [-0.2, -0.15) is 5.01 Å². The van der Waals surface area contributed by atoms with Gasteiger partial charge in [0.25, 0.3) is 0 Å². The Morgan fingerprint density at radius 1 is 1.19 bits per heavy atom. The van der Waals surface area contributed by atoms with Gasteiger partial charge in [0.2, 0.25) is 5.91 Å². The molecular formula is C24H34ClN5OS. The lowest BCUT2D eigenvalue weighted by Crippen LogP contribution is -2.59. The van der Waals surface area contributed by atoms with Crippen molar-refractivity contribution in [1.82, 2.24) is 20.3 Å². The molecular weight excluding hydrogens is 442 g/mol. The van der Waals surface area contributed by atoms with Gasteiger partial charge in [-0.25, -0.2) is 0 Å². The number of aromatic nitrogens is 1. The first-order valence-electron chi connectivity index (χ1n) is 12.0. The molecule has 0 bridgehead atoms. The summed E-state index contributed by atoms with van der Waals surface area (Å²) in [5.74, 6) is 0.954. The molecule has 8 heteroatoms. The molecule has 1 aromatic carbocycles. The van der Waals surface area contributed by atoms with Gasteiger partial charge < -0.3 is 10.3 Å². The minimum absolute atomic E-state index is 0.0201. The molecule has 1 aliphatic carbocycles. The molecule has 3 heterocycles. The molecule has 3 N–H and O–H groups in total. The number of hydrazine groups is 1. The van der Waals surface area contributed by atoms with E-state index in [2.05, 4.69) is 38.6 Å². The number of thioether (sulfide) groups is 1. The summed E-state index contributed by atoms with van der Waals surface area (Å²) in [5, 5.41) is 7.79. The number of H-pyrrole nitrogens is 1. The molecule has 0 spiro atoms. The highest BCUT2D eigenvalue weighted by molar-refractivity contribution is 8.00. The zero-order valence-electron chi connectivity index (χ0n) is 19.0. The van der Waals surface area contributed by atoms with Crippen LogP contribution in [0.4, 0.5) is 5.69 Å². The molecule has 3 aliphatic rings. The molecule has 0 radical (unpaired) electrons. The number of anilines is 1. The SMILES string of the molecule is CC(=O)NN1CCS[C@]1(c1cc2cc(Cl)cc(NC3CCCC3)c2[nH]1)[C@H](C)N1CCCC1. The molecule has 6 nitrogen and oxygen atoms in total. The Bertz CT molecular complexity index is 984. The molecule has 2 aromatic rings. The number of carbonyl (C=O) groups is 1. The summed E-state index contributed by atoms with van der Waals surface area (Å²) < 4.78 is 0. The Labute approximate surface area is 199 Å². The fourth-order valence-corrected chi connectivity index (χ4v) is 7.60. The van der Waals surface area contributed by atoms with Crippen LogP contribution in [0.1, 0.15) is 58.1 Å². The van der Waals surface area contributed by atoms with Gasteiger partial charge in [0.15, 0.2) is 0 Å². The predicted molar refractivity (Wildman–Crippen MR) is 134 cm³/mol. The van der Waals surface area contributed by atoms with E-state index in [0.29, 0.717) is 6.04 Å². The van der Waals surface area contributed by atoms with Crippen molar-refractivity contribution < 1.29 is 4.79 Å². The van der Waals surface area contributed by atoms with Crippen molar-refractivity contribution in [3.05, 3.63) is 28.9 Å². The van der Waals surface area contributed by atoms with Gasteiger partial charge in [-0.3, -0.25) is 15.1 Å². The van der Waals surface area contributed by atoms with Crippen LogP contribution in [0.5, 0.6) is 0 Å². The first-order chi connectivity index (χ1) is 15.5. The number of fused-ring (bicyclic) bond motifs is 1. The van der Waals surface area contributed by atoms with E-state index in [1.54, 1.807) is 6.92 Å². The van der Waals surface area contributed by atoms with E-state index in [9.17, 15) is 4.79 Å². The van der Waals surface area contributed by atoms with Crippen molar-refractivity contribution >= 4 is 45.9 Å². The van der Waals surface area contributed by atoms with Crippen LogP contribution in [-0.4, -0.2) is 58.3 Å². The monoisotopic (exact) mass is 475 g/mol. The molecule has 32 heavy (non-hydrogen) atoms. The summed E-state index contributed by atoms with van der Waals surface area (Å²) in [6.07, 6.45) is 7.48. The highest BCUT2D eigenvalue weighted by atomic mass is 35.5. The van der Waals surface area contributed by atoms with E-state index in [4.69, 9.17) is 11.6 Å². The summed E-state index contributed by atoms with van der Waals surface area (Å²) in [7, 11) is 0. The number of hydrogen-bond donors (Lipinski definition) is 3. The van der Waals surface area contributed by atoms with Crippen molar-refractivity contribution in [2.45, 2.75) is 69.3 Å². The molecule has 2 aliphatic heterocycles. The van der Waals surface area contributed by atoms with Gasteiger partial charge in [-0.1, -0.05) is 24.4 Å². The van der Waals surface area contributed by atoms with Crippen molar-refractivity contribution in [2.24, 2.45) is 0 Å². The third-order valence-corrected chi connectivity index (χ3v) is 9.21. The average Bonchev–Trinajstić information content (AvgIpc) is 3.53. The number of carbonyl (C=O) groups excluding carboxylic acids is 1. The van der Waals surface area contributed by atoms with Crippen molar-refractivity contribution in [3.63, 3.8) is 0 Å². The third-order valence-electron chi connectivity index (χ3n) is 7.38. The highest BCUT2D eigenvalue weighted by Crippen LogP contribution is 2.49. The first-order valence-corrected chi connectivity index (χ1v) is 13.4. The number of nitrogens with zero attached hydrogens (tertiary/aromatic N) is 2. The molecule has 5 rings (SSSR count). The maximum Gasteiger partial charge on any atom is 0.231 e. The summed E-state index contributed by atoms with van der Waals surface area (Å²) >= 11 is 8.47. The lowest BCUT2D eigenvalue weighted by atomic mass is 10.0. The second-order valence-electron chi connectivity index (χ2n) is 9.51. The summed E-state index contributed by atoms with van der Waals surface area (Å²) in [4.78, 5) is 18.1. The van der Waals surface area contributed by atoms with Crippen molar-refractivity contribution in [2.75, 3.05) is 30.7 Å². The molecule has 2 saturated heterocycles. The predicted octanol–water partition coefficient (Wildman–Crippen LogP) is 4.91. The quantitative estimate of drug-likeness (QED) is 0.553. The van der Waals surface area contributed by atoms with E-state index >= 15 is 0 Å². The van der Waals surface area contributed by atoms with Gasteiger partial charge in [-0.05, 0) is 63.9 Å². The summed E-state index contributed by atoms with van der Waals surface area (Å²) in [5.41, 5.74) is 6.49. The van der Waals surface area contributed by atoms with Crippen LogP contribution in [0, 0.1) is 0 Å². The number of halogens is 1. The minimum Gasteiger partial charge on any atom is -0.381 e. The minimum atomic E-state index is -0.369. The highest BCUT2D eigenvalue weighted by Gasteiger charge is 2.51. The second kappa shape index (κ2) is 9.09. The van der Waals surface area contributed by atoms with Gasteiger partial charge in [0.05, 0.1) is 16.9 Å². The van der Waals surface area contributed by atoms with Crippen LogP contribution in [-0.2, 0) is 9.67 Å². The standard InChI is InChI=1S/C24H34ClN5OS/c1-16(29-9-5-6-10-29)24(30(11-12-32-24)28-17(2)31)22-14-18-13-19(25)15-21(23(18)27-22)26-20-7-3-4-8-20/h13-16,20,26-27H,3-12H2,1-2H3,(H,28,31)/t16-,24-/m0/s1. The molecule has 2 atom stereocenters. The fraction of sp³-hybridized carbons (Fsp3) is 0.625. The van der Waals surface area contributed by atoms with Crippen LogP contribution in [0.2, 0.25) is 5.02 Å². The largest absolute Gasteiger partial charge is 0.381 e. The number of rotatable bonds is 6. The van der Waals surface area contributed by atoms with Crippen LogP contribution in [0.25, 0.3) is 10.9 Å². The van der Waals surface area contributed by atoms with E-state index in [1.165, 1.54) is 38.5 Å². The smallest absolute Gasteiger partial charge is 0.231 e. The maximum absolute atomic E-state index is 12.1. The van der Waals surface area contributed by atoms with Crippen LogP contribution >= 0.6 is 23.4 Å². The Morgan fingerprint density at radius 2 is 1.94 bits per heavy atom. The number of amides is 1. The number of likely N-dealkylation sites (tertiary alicyclic amines) is 1. The van der Waals surface area contributed by atoms with Gasteiger partial charge in [-0.15, -0.1) is 11.8 Å². The maximum atomic E-state index is 12.1. The van der Waals surface area contributed by atoms with Gasteiger partial charge in [0.1, 0.15) is 4.87 Å². The number of nitrogens with one attached hydrogen (secondary N) is 3. The second-order valence-corrected chi connectivity index (χ2v) is 11.3. The third kappa shape index (κ3) is 4.02. The lowest BCUT2D eigenvalue weighted by Gasteiger charge is -2.44. The Morgan fingerprint density at radius 3 is 2.66 bits per heavy atom. The summed E-state index contributed by atoms with van der Waals surface area (Å²) in [6.45, 7) is 6.96. The molecule has 0 unspecified atom stereocenters. The molecule has 3 fully saturated rings. The van der Waals surface area contributed by atoms with Gasteiger partial charge >= 0.3 is 0 Å². The van der Waals surface area contributed by atoms with Crippen LogP contribution < -0.4 is 10.7 Å². The van der Waals surface area contributed by atoms with Crippen molar-refractivity contribution in [3.8, 4) is 0 Å². The molecule has 1 amide bonds. The molecule has 1 aromatic heterocycles. The molecule has 1 saturated carbocycles. The Balaban J connectivity index is 1.59. The zero-order valence-corrected chi connectivity index (χ0v) is 20.6. The van der Waals surface area contributed by atoms with Crippen LogP contribution in [0.15, 0.2) is 18.2 Å². The zero-order chi connectivity index (χ0) is 22.3. The topological polar surface area (TPSA) is 63.4 Å². The normalized spacial score (nSPS) is 26.2. The fourth-order valence-electron chi connectivity index (χ4n) is 5.84. The van der Waals surface area contributed by atoms with E-state index < -0.39 is 0 Å².